The van der Waals surface area contributed by atoms with Crippen molar-refractivity contribution in [2.45, 2.75) is 13.3 Å². The van der Waals surface area contributed by atoms with Gasteiger partial charge in [-0.25, -0.2) is 0 Å². The van der Waals surface area contributed by atoms with Crippen molar-refractivity contribution in [2.24, 2.45) is 4.99 Å². The van der Waals surface area contributed by atoms with Gasteiger partial charge in [0.2, 0.25) is 0 Å². The molecule has 2 aromatic carbocycles. The van der Waals surface area contributed by atoms with Crippen molar-refractivity contribution < 1.29 is 0 Å². The molecule has 1 fully saturated rings. The number of halogens is 1. The van der Waals surface area contributed by atoms with Crippen LogP contribution >= 0.6 is 12.4 Å². The van der Waals surface area contributed by atoms with Gasteiger partial charge in [-0.2, -0.15) is 0 Å². The number of amidine groups is 1. The first-order valence-electron chi connectivity index (χ1n) is 7.04. The van der Waals surface area contributed by atoms with Crippen LogP contribution in [0.15, 0.2) is 59.6 Å². The van der Waals surface area contributed by atoms with Gasteiger partial charge in [-0.1, -0.05) is 42.5 Å². The van der Waals surface area contributed by atoms with Crippen molar-refractivity contribution >= 4 is 34.7 Å². The van der Waals surface area contributed by atoms with E-state index in [-0.39, 0.29) is 12.4 Å². The van der Waals surface area contributed by atoms with Crippen molar-refractivity contribution in [1.29, 1.82) is 0 Å². The highest BCUT2D eigenvalue weighted by Gasteiger charge is 2.17. The molecule has 3 rings (SSSR count). The molecule has 1 aliphatic heterocycles. The summed E-state index contributed by atoms with van der Waals surface area (Å²) in [6.07, 6.45) is 5.07. The van der Waals surface area contributed by atoms with Crippen LogP contribution in [0.4, 0.5) is 5.69 Å². The minimum Gasteiger partial charge on any atom is -0.286 e. The van der Waals surface area contributed by atoms with Crippen LogP contribution in [0.3, 0.4) is 0 Å². The Morgan fingerprint density at radius 2 is 2.00 bits per heavy atom. The van der Waals surface area contributed by atoms with E-state index < -0.39 is 0 Å². The third-order valence-corrected chi connectivity index (χ3v) is 3.50. The lowest BCUT2D eigenvalue weighted by molar-refractivity contribution is 0.858. The van der Waals surface area contributed by atoms with Crippen LogP contribution in [0.2, 0.25) is 0 Å². The second-order valence-electron chi connectivity index (χ2n) is 4.90. The maximum atomic E-state index is 4.53. The maximum absolute atomic E-state index is 4.53. The molecule has 1 heterocycles. The van der Waals surface area contributed by atoms with Gasteiger partial charge in [0.05, 0.1) is 12.2 Å². The quantitative estimate of drug-likeness (QED) is 0.869. The van der Waals surface area contributed by atoms with E-state index in [1.807, 2.05) is 13.0 Å². The van der Waals surface area contributed by atoms with Gasteiger partial charge >= 0.3 is 0 Å². The molecule has 0 spiro atoms. The average Bonchev–Trinajstić information content (AvgIpc) is 2.96. The highest BCUT2D eigenvalue weighted by Crippen LogP contribution is 2.22. The molecule has 110 valence electrons. The van der Waals surface area contributed by atoms with Gasteiger partial charge in [-0.15, -0.1) is 12.4 Å². The fraction of sp³-hybridized carbons (Fsp3) is 0.235. The second kappa shape index (κ2) is 7.14. The molecule has 0 radical (unpaired) electrons. The lowest BCUT2D eigenvalue weighted by Crippen LogP contribution is -2.33. The molecule has 2 aromatic rings. The largest absolute Gasteiger partial charge is 0.286 e. The van der Waals surface area contributed by atoms with E-state index in [9.17, 15) is 0 Å². The Morgan fingerprint density at radius 1 is 1.19 bits per heavy atom. The number of hydrogen-bond donors (Lipinski definition) is 1. The van der Waals surface area contributed by atoms with Crippen LogP contribution in [0.1, 0.15) is 13.3 Å². The third-order valence-electron chi connectivity index (χ3n) is 3.50. The molecule has 0 atom stereocenters. The lowest BCUT2D eigenvalue weighted by Gasteiger charge is -2.18. The van der Waals surface area contributed by atoms with E-state index in [0.29, 0.717) is 0 Å². The van der Waals surface area contributed by atoms with Crippen LogP contribution < -0.4 is 10.4 Å². The van der Waals surface area contributed by atoms with Crippen molar-refractivity contribution in [2.75, 3.05) is 18.1 Å². The van der Waals surface area contributed by atoms with Crippen LogP contribution in [0, 0.1) is 0 Å². The number of aliphatic imine (C=N–C) groups is 1. The summed E-state index contributed by atoms with van der Waals surface area (Å²) in [5.41, 5.74) is 4.57. The molecule has 0 saturated carbocycles. The maximum Gasteiger partial charge on any atom is 0.117 e. The number of nitrogens with one attached hydrogen (secondary N) is 1. The van der Waals surface area contributed by atoms with Gasteiger partial charge in [0, 0.05) is 13.0 Å². The fourth-order valence-electron chi connectivity index (χ4n) is 2.41. The van der Waals surface area contributed by atoms with E-state index in [1.54, 1.807) is 0 Å². The number of hydrazine groups is 1. The Kier molecular flexibility index (Phi) is 5.23. The van der Waals surface area contributed by atoms with Gasteiger partial charge in [0.1, 0.15) is 5.84 Å². The predicted molar refractivity (Wildman–Crippen MR) is 93.4 cm³/mol. The standard InChI is InChI=1S/C17H19N3.ClH/c1-2-3-11-18-17-10-12-20(19-17)16-9-8-14-6-4-5-7-15(14)13-16;/h2-9,13H,10-12H2,1H3,(H,18,19);1H. The Morgan fingerprint density at radius 3 is 2.81 bits per heavy atom. The minimum atomic E-state index is 0. The van der Waals surface area contributed by atoms with Gasteiger partial charge in [0.15, 0.2) is 0 Å². The Labute approximate surface area is 131 Å². The molecule has 0 amide bonds. The van der Waals surface area contributed by atoms with Crippen molar-refractivity contribution in [3.05, 3.63) is 54.6 Å². The van der Waals surface area contributed by atoms with Crippen molar-refractivity contribution in [3.63, 3.8) is 0 Å². The van der Waals surface area contributed by atoms with Crippen LogP contribution in [0.25, 0.3) is 10.8 Å². The summed E-state index contributed by atoms with van der Waals surface area (Å²) < 4.78 is 0. The van der Waals surface area contributed by atoms with E-state index in [1.165, 1.54) is 16.5 Å². The molecule has 0 bridgehead atoms. The van der Waals surface area contributed by atoms with Crippen LogP contribution in [0.5, 0.6) is 0 Å². The number of benzene rings is 2. The molecule has 0 aromatic heterocycles. The van der Waals surface area contributed by atoms with Gasteiger partial charge in [0.25, 0.3) is 0 Å². The minimum absolute atomic E-state index is 0. The predicted octanol–water partition coefficient (Wildman–Crippen LogP) is 3.95. The zero-order valence-corrected chi connectivity index (χ0v) is 12.9. The molecular formula is C17H20ClN3. The van der Waals surface area contributed by atoms with Crippen LogP contribution in [-0.4, -0.2) is 18.9 Å². The zero-order valence-electron chi connectivity index (χ0n) is 12.1. The number of allylic oxidation sites excluding steroid dienone is 1. The third kappa shape index (κ3) is 3.56. The Hall–Kier alpha value is -2.00. The monoisotopic (exact) mass is 301 g/mol. The summed E-state index contributed by atoms with van der Waals surface area (Å²) in [7, 11) is 0. The highest BCUT2D eigenvalue weighted by atomic mass is 35.5. The summed E-state index contributed by atoms with van der Waals surface area (Å²) in [6, 6.07) is 15.0. The average molecular weight is 302 g/mol. The lowest BCUT2D eigenvalue weighted by atomic mass is 10.1. The summed E-state index contributed by atoms with van der Waals surface area (Å²) in [6.45, 7) is 3.74. The molecule has 4 heteroatoms. The highest BCUT2D eigenvalue weighted by molar-refractivity contribution is 5.89. The summed E-state index contributed by atoms with van der Waals surface area (Å²) in [5.74, 6) is 1.07. The van der Waals surface area contributed by atoms with Gasteiger partial charge in [-0.05, 0) is 29.8 Å². The van der Waals surface area contributed by atoms with Crippen molar-refractivity contribution in [1.82, 2.24) is 5.43 Å². The first kappa shape index (κ1) is 15.4. The number of rotatable bonds is 3. The number of fused-ring (bicyclic) bond motifs is 1. The summed E-state index contributed by atoms with van der Waals surface area (Å²) >= 11 is 0. The van der Waals surface area contributed by atoms with E-state index in [4.69, 9.17) is 0 Å². The normalized spacial score (nSPS) is 16.4. The van der Waals surface area contributed by atoms with Crippen LogP contribution in [-0.2, 0) is 0 Å². The molecule has 1 N–H and O–H groups in total. The SMILES string of the molecule is CC=CCN=C1CCN(c2ccc3ccccc3c2)N1.Cl. The number of nitrogens with zero attached hydrogens (tertiary/aromatic N) is 2. The molecule has 21 heavy (non-hydrogen) atoms. The second-order valence-corrected chi connectivity index (χ2v) is 4.90. The van der Waals surface area contributed by atoms with Crippen molar-refractivity contribution in [3.8, 4) is 0 Å². The molecule has 1 aliphatic rings. The zero-order chi connectivity index (χ0) is 13.8. The Bertz CT molecular complexity index is 664. The van der Waals surface area contributed by atoms with Gasteiger partial charge < -0.3 is 0 Å². The van der Waals surface area contributed by atoms with E-state index in [0.717, 1.165) is 25.3 Å². The molecule has 0 unspecified atom stereocenters. The number of hydrogen-bond acceptors (Lipinski definition) is 2. The summed E-state index contributed by atoms with van der Waals surface area (Å²) in [4.78, 5) is 4.53. The Balaban J connectivity index is 0.00000161. The molecule has 1 saturated heterocycles. The molecular weight excluding hydrogens is 282 g/mol. The topological polar surface area (TPSA) is 27.6 Å². The van der Waals surface area contributed by atoms with E-state index in [2.05, 4.69) is 64.0 Å². The number of anilines is 1. The van der Waals surface area contributed by atoms with Gasteiger partial charge in [-0.3, -0.25) is 15.4 Å². The summed E-state index contributed by atoms with van der Waals surface area (Å²) in [5, 5.41) is 4.71. The first-order chi connectivity index (χ1) is 9.86. The molecule has 3 nitrogen and oxygen atoms in total. The molecule has 0 aliphatic carbocycles. The fourth-order valence-corrected chi connectivity index (χ4v) is 2.41. The van der Waals surface area contributed by atoms with E-state index >= 15 is 0 Å². The smallest absolute Gasteiger partial charge is 0.117 e. The first-order valence-corrected chi connectivity index (χ1v) is 7.04.